The molecule has 37 heavy (non-hydrogen) atoms. The Morgan fingerprint density at radius 2 is 1.81 bits per heavy atom. The van der Waals surface area contributed by atoms with E-state index >= 15 is 0 Å². The van der Waals surface area contributed by atoms with Gasteiger partial charge in [-0.25, -0.2) is 9.69 Å². The molecule has 3 amide bonds. The van der Waals surface area contributed by atoms with Gasteiger partial charge in [-0.1, -0.05) is 23.2 Å². The normalized spacial score (nSPS) is 14.7. The Morgan fingerprint density at radius 1 is 1.11 bits per heavy atom. The number of aromatic nitrogens is 1. The van der Waals surface area contributed by atoms with Crippen LogP contribution in [0.2, 0.25) is 10.0 Å². The van der Waals surface area contributed by atoms with E-state index < -0.39 is 11.6 Å². The van der Waals surface area contributed by atoms with Gasteiger partial charge in [-0.2, -0.15) is 9.99 Å². The number of rotatable bonds is 7. The topological polar surface area (TPSA) is 101 Å². The molecule has 0 atom stereocenters. The van der Waals surface area contributed by atoms with Crippen molar-refractivity contribution in [2.24, 2.45) is 0 Å². The molecule has 0 spiro atoms. The van der Waals surface area contributed by atoms with Gasteiger partial charge in [0.2, 0.25) is 0 Å². The van der Waals surface area contributed by atoms with Crippen LogP contribution in [0.5, 0.6) is 5.75 Å². The summed E-state index contributed by atoms with van der Waals surface area (Å²) in [5.41, 5.74) is 1.66. The first-order valence-corrected chi connectivity index (χ1v) is 12.3. The third-order valence-corrected chi connectivity index (χ3v) is 7.19. The van der Waals surface area contributed by atoms with Crippen molar-refractivity contribution < 1.29 is 19.1 Å². The Balaban J connectivity index is 1.41. The molecule has 0 aliphatic carbocycles. The predicted molar refractivity (Wildman–Crippen MR) is 141 cm³/mol. The third kappa shape index (κ3) is 4.93. The molecule has 0 saturated carbocycles. The highest BCUT2D eigenvalue weighted by molar-refractivity contribution is 6.34. The van der Waals surface area contributed by atoms with Crippen molar-refractivity contribution in [1.29, 1.82) is 5.26 Å². The fourth-order valence-corrected chi connectivity index (χ4v) is 4.73. The Hall–Kier alpha value is -3.80. The number of anilines is 1. The molecule has 1 aromatic heterocycles. The van der Waals surface area contributed by atoms with Crippen LogP contribution < -0.4 is 14.4 Å². The van der Waals surface area contributed by atoms with Gasteiger partial charge in [0.1, 0.15) is 17.4 Å². The predicted octanol–water partition coefficient (Wildman–Crippen LogP) is 5.49. The summed E-state index contributed by atoms with van der Waals surface area (Å²) in [7, 11) is 0. The molecule has 1 fully saturated rings. The zero-order chi connectivity index (χ0) is 26.9. The molecule has 190 valence electrons. The maximum Gasteiger partial charge on any atom is 0.332 e. The molecule has 1 saturated heterocycles. The molecule has 4 rings (SSSR count). The van der Waals surface area contributed by atoms with E-state index in [1.807, 2.05) is 12.1 Å². The van der Waals surface area contributed by atoms with Gasteiger partial charge in [0.15, 0.2) is 12.4 Å². The summed E-state index contributed by atoms with van der Waals surface area (Å²) in [5.74, 6) is 0.198. The van der Waals surface area contributed by atoms with E-state index in [1.54, 1.807) is 51.1 Å². The summed E-state index contributed by atoms with van der Waals surface area (Å²) >= 11 is 12.7. The SMILES string of the molecule is Cc1c(N2C(=O)N(CCCOc3ccc(-c4cc[n+]([O-])cc4)c(Cl)c3)C(C)(C)C2=O)ccc(C#N)c1Cl. The number of ether oxygens (including phenoxy) is 1. The van der Waals surface area contributed by atoms with Crippen LogP contribution in [0.1, 0.15) is 31.4 Å². The average Bonchev–Trinajstić information content (AvgIpc) is 3.03. The number of imide groups is 1. The molecule has 0 unspecified atom stereocenters. The fourth-order valence-electron chi connectivity index (χ4n) is 4.25. The van der Waals surface area contributed by atoms with Crippen LogP contribution in [0, 0.1) is 23.5 Å². The van der Waals surface area contributed by atoms with Crippen molar-refractivity contribution in [2.45, 2.75) is 32.7 Å². The zero-order valence-electron chi connectivity index (χ0n) is 20.5. The quantitative estimate of drug-likeness (QED) is 0.171. The van der Waals surface area contributed by atoms with E-state index in [1.165, 1.54) is 23.4 Å². The van der Waals surface area contributed by atoms with Crippen molar-refractivity contribution >= 4 is 40.8 Å². The first-order valence-electron chi connectivity index (χ1n) is 11.5. The highest BCUT2D eigenvalue weighted by Crippen LogP contribution is 2.37. The number of pyridine rings is 1. The Kier molecular flexibility index (Phi) is 7.30. The van der Waals surface area contributed by atoms with Gasteiger partial charge < -0.3 is 14.8 Å². The smallest absolute Gasteiger partial charge is 0.332 e. The Morgan fingerprint density at radius 3 is 2.46 bits per heavy atom. The molecule has 3 aromatic rings. The summed E-state index contributed by atoms with van der Waals surface area (Å²) in [6, 6.07) is 13.3. The zero-order valence-corrected chi connectivity index (χ0v) is 22.0. The van der Waals surface area contributed by atoms with Crippen LogP contribution in [-0.4, -0.2) is 35.5 Å². The number of urea groups is 1. The average molecular weight is 539 g/mol. The Bertz CT molecular complexity index is 1420. The monoisotopic (exact) mass is 538 g/mol. The number of hydrogen-bond donors (Lipinski definition) is 0. The van der Waals surface area contributed by atoms with Gasteiger partial charge in [0.25, 0.3) is 5.91 Å². The number of halogens is 2. The number of carbonyl (C=O) groups excluding carboxylic acids is 2. The third-order valence-electron chi connectivity index (χ3n) is 6.39. The first kappa shape index (κ1) is 26.3. The van der Waals surface area contributed by atoms with Gasteiger partial charge in [0, 0.05) is 24.2 Å². The van der Waals surface area contributed by atoms with Crippen molar-refractivity contribution in [1.82, 2.24) is 4.90 Å². The molecule has 0 radical (unpaired) electrons. The summed E-state index contributed by atoms with van der Waals surface area (Å²) in [5, 5.41) is 21.2. The molecular formula is C27H24Cl2N4O4. The second-order valence-electron chi connectivity index (χ2n) is 9.11. The van der Waals surface area contributed by atoms with E-state index in [-0.39, 0.29) is 16.5 Å². The minimum absolute atomic E-state index is 0.219. The van der Waals surface area contributed by atoms with Gasteiger partial charge in [0.05, 0.1) is 27.9 Å². The first-order chi connectivity index (χ1) is 17.6. The highest BCUT2D eigenvalue weighted by atomic mass is 35.5. The van der Waals surface area contributed by atoms with E-state index in [2.05, 4.69) is 0 Å². The number of benzene rings is 2. The standard InChI is InChI=1S/C27H24Cl2N4O4/c1-17-23(8-5-19(16-30)24(17)29)33-25(34)27(2,3)32(26(33)35)11-4-14-37-20-6-7-21(22(28)15-20)18-9-12-31(36)13-10-18/h5-10,12-13,15H,4,11,14H2,1-3H3. The molecule has 2 heterocycles. The van der Waals surface area contributed by atoms with E-state index in [4.69, 9.17) is 27.9 Å². The summed E-state index contributed by atoms with van der Waals surface area (Å²) < 4.78 is 6.54. The number of nitriles is 1. The second-order valence-corrected chi connectivity index (χ2v) is 9.89. The van der Waals surface area contributed by atoms with Crippen molar-refractivity contribution in [3.63, 3.8) is 0 Å². The van der Waals surface area contributed by atoms with Gasteiger partial charge in [-0.05, 0) is 68.7 Å². The highest BCUT2D eigenvalue weighted by Gasteiger charge is 2.51. The number of hydrogen-bond acceptors (Lipinski definition) is 5. The Labute approximate surface area is 224 Å². The largest absolute Gasteiger partial charge is 0.619 e. The van der Waals surface area contributed by atoms with Crippen LogP contribution in [0.4, 0.5) is 10.5 Å². The number of amides is 3. The maximum atomic E-state index is 13.3. The van der Waals surface area contributed by atoms with E-state index in [0.717, 1.165) is 16.0 Å². The van der Waals surface area contributed by atoms with Crippen LogP contribution in [0.3, 0.4) is 0 Å². The van der Waals surface area contributed by atoms with Crippen LogP contribution >= 0.6 is 23.2 Å². The molecular weight excluding hydrogens is 515 g/mol. The summed E-state index contributed by atoms with van der Waals surface area (Å²) in [6.07, 6.45) is 3.28. The van der Waals surface area contributed by atoms with Crippen LogP contribution in [0.15, 0.2) is 54.9 Å². The van der Waals surface area contributed by atoms with Gasteiger partial charge in [-0.15, -0.1) is 0 Å². The summed E-state index contributed by atoms with van der Waals surface area (Å²) in [6.45, 7) is 5.67. The molecule has 10 heteroatoms. The number of nitrogens with zero attached hydrogens (tertiary/aromatic N) is 4. The molecule has 2 aromatic carbocycles. The molecule has 1 aliphatic rings. The van der Waals surface area contributed by atoms with E-state index in [9.17, 15) is 20.1 Å². The van der Waals surface area contributed by atoms with E-state index in [0.29, 0.717) is 46.3 Å². The maximum absolute atomic E-state index is 13.3. The van der Waals surface area contributed by atoms with Crippen LogP contribution in [0.25, 0.3) is 11.1 Å². The number of carbonyl (C=O) groups is 2. The second kappa shape index (κ2) is 10.3. The van der Waals surface area contributed by atoms with Gasteiger partial charge in [-0.3, -0.25) is 4.79 Å². The lowest BCUT2D eigenvalue weighted by molar-refractivity contribution is -0.605. The minimum atomic E-state index is -1.06. The van der Waals surface area contributed by atoms with Gasteiger partial charge >= 0.3 is 6.03 Å². The lowest BCUT2D eigenvalue weighted by Crippen LogP contribution is -2.44. The van der Waals surface area contributed by atoms with Crippen molar-refractivity contribution in [3.8, 4) is 22.9 Å². The molecule has 8 nitrogen and oxygen atoms in total. The molecule has 0 bridgehead atoms. The molecule has 1 aliphatic heterocycles. The lowest BCUT2D eigenvalue weighted by Gasteiger charge is -2.27. The summed E-state index contributed by atoms with van der Waals surface area (Å²) in [4.78, 5) is 29.1. The lowest BCUT2D eigenvalue weighted by atomic mass is 10.0. The van der Waals surface area contributed by atoms with Crippen molar-refractivity contribution in [3.05, 3.63) is 81.2 Å². The fraction of sp³-hybridized carbons (Fsp3) is 0.259. The van der Waals surface area contributed by atoms with Crippen LogP contribution in [-0.2, 0) is 4.79 Å². The van der Waals surface area contributed by atoms with Crippen molar-refractivity contribution in [2.75, 3.05) is 18.1 Å². The minimum Gasteiger partial charge on any atom is -0.619 e. The molecule has 0 N–H and O–H groups in total.